The molecule has 0 aromatic carbocycles. The van der Waals surface area contributed by atoms with Gasteiger partial charge in [0, 0.05) is 28.1 Å². The summed E-state index contributed by atoms with van der Waals surface area (Å²) < 4.78 is 0. The van der Waals surface area contributed by atoms with Crippen LogP contribution >= 0.6 is 0 Å². The van der Waals surface area contributed by atoms with Gasteiger partial charge in [-0.2, -0.15) is 0 Å². The first kappa shape index (κ1) is 23.9. The summed E-state index contributed by atoms with van der Waals surface area (Å²) in [5.74, 6) is 3.35. The van der Waals surface area contributed by atoms with E-state index in [2.05, 4.69) is 25.2 Å². The number of carbonyl (C=O) groups excluding carboxylic acids is 1. The Bertz CT molecular complexity index is 813. The summed E-state index contributed by atoms with van der Waals surface area (Å²) in [5, 5.41) is 17.4. The molecule has 4 fully saturated rings. The Hall–Kier alpha value is -0.870. The fourth-order valence-electron chi connectivity index (χ4n) is 9.84. The van der Waals surface area contributed by atoms with Gasteiger partial charge < -0.3 is 5.32 Å². The van der Waals surface area contributed by atoms with Gasteiger partial charge in [-0.25, -0.2) is 0 Å². The van der Waals surface area contributed by atoms with Gasteiger partial charge in [0.2, 0.25) is 5.91 Å². The van der Waals surface area contributed by atoms with E-state index in [1.54, 1.807) is 0 Å². The summed E-state index contributed by atoms with van der Waals surface area (Å²) in [7, 11) is 0. The van der Waals surface area contributed by atoms with Crippen LogP contribution in [-0.2, 0) is 10.0 Å². The second kappa shape index (κ2) is 7.82. The van der Waals surface area contributed by atoms with Gasteiger partial charge in [-0.3, -0.25) is 4.79 Å². The van der Waals surface area contributed by atoms with E-state index in [1.165, 1.54) is 50.0 Å². The number of hydroxylamine groups is 2. The zero-order valence-corrected chi connectivity index (χ0v) is 22.0. The highest BCUT2D eigenvalue weighted by Crippen LogP contribution is 2.66. The quantitative estimate of drug-likeness (QED) is 0.521. The molecule has 4 unspecified atom stereocenters. The van der Waals surface area contributed by atoms with E-state index in [9.17, 15) is 10.0 Å². The Morgan fingerprint density at radius 1 is 0.909 bits per heavy atom. The van der Waals surface area contributed by atoms with Crippen molar-refractivity contribution in [3.05, 3.63) is 11.6 Å². The van der Waals surface area contributed by atoms with Crippen molar-refractivity contribution in [2.24, 2.45) is 34.5 Å². The number of allylic oxidation sites excluding steroid dienone is 1. The third-order valence-corrected chi connectivity index (χ3v) is 11.3. The molecule has 1 radical (unpaired) electrons. The molecule has 0 spiro atoms. The molecular weight excluding hydrogens is 408 g/mol. The Morgan fingerprint density at radius 3 is 2.30 bits per heavy atom. The highest BCUT2D eigenvalue weighted by atomic mass is 16.5. The molecule has 0 aromatic rings. The Labute approximate surface area is 201 Å². The number of nitrogens with zero attached hydrogens (tertiary/aromatic N) is 1. The lowest BCUT2D eigenvalue weighted by Gasteiger charge is -2.60. The summed E-state index contributed by atoms with van der Waals surface area (Å²) in [6.07, 6.45) is 15.8. The summed E-state index contributed by atoms with van der Waals surface area (Å²) >= 11 is 0. The van der Waals surface area contributed by atoms with Crippen LogP contribution in [0.25, 0.3) is 0 Å². The van der Waals surface area contributed by atoms with Gasteiger partial charge in [0.05, 0.1) is 0 Å². The van der Waals surface area contributed by atoms with Crippen molar-refractivity contribution in [3.8, 4) is 0 Å². The largest absolute Gasteiger partial charge is 0.349 e. The molecule has 185 valence electrons. The van der Waals surface area contributed by atoms with E-state index < -0.39 is 11.1 Å². The van der Waals surface area contributed by atoms with E-state index in [1.807, 2.05) is 27.7 Å². The van der Waals surface area contributed by atoms with Crippen LogP contribution in [-0.4, -0.2) is 28.1 Å². The van der Waals surface area contributed by atoms with Gasteiger partial charge in [0.25, 0.3) is 0 Å². The van der Waals surface area contributed by atoms with Gasteiger partial charge in [-0.15, -0.1) is 10.3 Å². The van der Waals surface area contributed by atoms with Gasteiger partial charge >= 0.3 is 0 Å². The van der Waals surface area contributed by atoms with Crippen LogP contribution in [0.4, 0.5) is 0 Å². The maximum atomic E-state index is 13.7. The molecule has 1 heterocycles. The molecule has 6 atom stereocenters. The number of fused-ring (bicyclic) bond motifs is 5. The van der Waals surface area contributed by atoms with Crippen LogP contribution in [0.1, 0.15) is 112 Å². The predicted octanol–water partition coefficient (Wildman–Crippen LogP) is 6.44. The lowest BCUT2D eigenvalue weighted by atomic mass is 9.45. The number of carbonyl (C=O) groups is 1. The van der Waals surface area contributed by atoms with E-state index >= 15 is 0 Å². The van der Waals surface area contributed by atoms with Crippen LogP contribution in [0.3, 0.4) is 0 Å². The normalized spacial score (nSPS) is 44.9. The van der Waals surface area contributed by atoms with Crippen LogP contribution < -0.4 is 5.32 Å². The molecule has 1 amide bonds. The molecule has 1 N–H and O–H groups in total. The number of piperidine rings is 1. The fourth-order valence-corrected chi connectivity index (χ4v) is 9.84. The second-order valence-corrected chi connectivity index (χ2v) is 14.2. The number of nitrogens with one attached hydrogen (secondary N) is 1. The minimum atomic E-state index is -0.456. The zero-order valence-electron chi connectivity index (χ0n) is 22.0. The average Bonchev–Trinajstić information content (AvgIpc) is 3.08. The monoisotopic (exact) mass is 455 g/mol. The third-order valence-electron chi connectivity index (χ3n) is 11.3. The summed E-state index contributed by atoms with van der Waals surface area (Å²) in [5.41, 5.74) is 0.705. The van der Waals surface area contributed by atoms with E-state index in [-0.39, 0.29) is 17.4 Å². The lowest BCUT2D eigenvalue weighted by Crippen LogP contribution is -2.62. The molecule has 0 aromatic heterocycles. The molecule has 5 rings (SSSR count). The first-order chi connectivity index (χ1) is 15.4. The van der Waals surface area contributed by atoms with Gasteiger partial charge in [0.1, 0.15) is 0 Å². The fraction of sp³-hybridized carbons (Fsp3) is 0.897. The SMILES string of the molecule is CC1(C)CC(NC(=O)C2=CCC3C4CCC5CCCC[C@]5(C)C4CC[C@]23C)CC(C)(C)N1[O]. The maximum Gasteiger partial charge on any atom is 0.247 e. The van der Waals surface area contributed by atoms with Crippen molar-refractivity contribution in [3.63, 3.8) is 0 Å². The van der Waals surface area contributed by atoms with Crippen molar-refractivity contribution in [2.75, 3.05) is 0 Å². The number of hydrogen-bond donors (Lipinski definition) is 1. The van der Waals surface area contributed by atoms with Crippen LogP contribution in [0.2, 0.25) is 0 Å². The first-order valence-corrected chi connectivity index (χ1v) is 13.9. The lowest BCUT2D eigenvalue weighted by molar-refractivity contribution is -0.290. The number of rotatable bonds is 2. The molecule has 1 saturated heterocycles. The highest BCUT2D eigenvalue weighted by Gasteiger charge is 2.59. The molecule has 1 aliphatic heterocycles. The Morgan fingerprint density at radius 2 is 1.61 bits per heavy atom. The molecule has 3 saturated carbocycles. The molecule has 5 aliphatic rings. The average molecular weight is 456 g/mol. The molecule has 0 bridgehead atoms. The van der Waals surface area contributed by atoms with Gasteiger partial charge in [-0.1, -0.05) is 32.8 Å². The second-order valence-electron chi connectivity index (χ2n) is 14.2. The zero-order chi connectivity index (χ0) is 23.8. The first-order valence-electron chi connectivity index (χ1n) is 13.9. The Kier molecular flexibility index (Phi) is 5.65. The van der Waals surface area contributed by atoms with Crippen molar-refractivity contribution >= 4 is 5.91 Å². The number of hydrogen-bond acceptors (Lipinski definition) is 2. The molecule has 4 nitrogen and oxygen atoms in total. The van der Waals surface area contributed by atoms with Crippen LogP contribution in [0, 0.1) is 34.5 Å². The Balaban J connectivity index is 1.31. The predicted molar refractivity (Wildman–Crippen MR) is 132 cm³/mol. The van der Waals surface area contributed by atoms with Gasteiger partial charge in [0.15, 0.2) is 0 Å². The molecular formula is C29H47N2O2. The van der Waals surface area contributed by atoms with Gasteiger partial charge in [-0.05, 0) is 115 Å². The van der Waals surface area contributed by atoms with E-state index in [0.29, 0.717) is 24.2 Å². The third kappa shape index (κ3) is 3.64. The van der Waals surface area contributed by atoms with Crippen LogP contribution in [0.15, 0.2) is 11.6 Å². The summed E-state index contributed by atoms with van der Waals surface area (Å²) in [6.45, 7) is 13.1. The van der Waals surface area contributed by atoms with Crippen molar-refractivity contribution in [1.82, 2.24) is 10.4 Å². The van der Waals surface area contributed by atoms with Crippen molar-refractivity contribution in [1.29, 1.82) is 0 Å². The highest BCUT2D eigenvalue weighted by molar-refractivity contribution is 5.95. The smallest absolute Gasteiger partial charge is 0.247 e. The minimum Gasteiger partial charge on any atom is -0.349 e. The topological polar surface area (TPSA) is 52.2 Å². The van der Waals surface area contributed by atoms with Crippen molar-refractivity contribution in [2.45, 2.75) is 129 Å². The van der Waals surface area contributed by atoms with E-state index in [4.69, 9.17) is 0 Å². The standard InChI is InChI=1S/C29H47N2O2/c1-26(2)17-20(18-27(3,4)31(26)33)30-25(32)24-13-12-22-21-11-10-19-9-7-8-15-28(19,5)23(21)14-16-29(22,24)6/h13,19-23H,7-12,14-18H2,1-6H3,(H,30,32)/t19?,21?,22?,23?,28-,29-/m0/s1. The molecule has 4 heteroatoms. The van der Waals surface area contributed by atoms with Crippen molar-refractivity contribution < 1.29 is 10.0 Å². The summed E-state index contributed by atoms with van der Waals surface area (Å²) in [6, 6.07) is 0.0594. The number of amides is 1. The van der Waals surface area contributed by atoms with Crippen LogP contribution in [0.5, 0.6) is 0 Å². The van der Waals surface area contributed by atoms with E-state index in [0.717, 1.165) is 36.2 Å². The molecule has 4 aliphatic carbocycles. The molecule has 33 heavy (non-hydrogen) atoms. The minimum absolute atomic E-state index is 0.0212. The maximum absolute atomic E-state index is 13.7. The summed E-state index contributed by atoms with van der Waals surface area (Å²) in [4.78, 5) is 13.7.